The number of thiophene rings is 1. The first-order chi connectivity index (χ1) is 11.6. The minimum Gasteiger partial charge on any atom is -0.459 e. The van der Waals surface area contributed by atoms with Gasteiger partial charge in [-0.05, 0) is 38.1 Å². The zero-order valence-corrected chi connectivity index (χ0v) is 17.8. The molecule has 0 aliphatic heterocycles. The molecule has 2 aromatic rings. The Labute approximate surface area is 169 Å². The number of aryl methyl sites for hydroxylation is 1. The zero-order chi connectivity index (χ0) is 17.4. The van der Waals surface area contributed by atoms with Gasteiger partial charge in [0.05, 0.1) is 6.26 Å². The Balaban J connectivity index is 0.00000312. The van der Waals surface area contributed by atoms with Crippen molar-refractivity contribution in [3.8, 4) is 0 Å². The van der Waals surface area contributed by atoms with Gasteiger partial charge < -0.3 is 20.4 Å². The van der Waals surface area contributed by atoms with Crippen molar-refractivity contribution in [3.05, 3.63) is 46.0 Å². The first-order valence-electron chi connectivity index (χ1n) is 7.92. The third-order valence-corrected chi connectivity index (χ3v) is 4.38. The maximum absolute atomic E-state index is 11.7. The molecular weight excluding hydrogens is 451 g/mol. The number of carbonyl (C=O) groups excluding carboxylic acids is 1. The second-order valence-electron chi connectivity index (χ2n) is 5.49. The molecule has 0 aromatic carbocycles. The molecule has 1 amide bonds. The maximum atomic E-state index is 11.7. The van der Waals surface area contributed by atoms with E-state index in [1.165, 1.54) is 16.0 Å². The molecule has 1 atom stereocenters. The number of aliphatic imine (C=N–C) groups is 1. The van der Waals surface area contributed by atoms with Crippen LogP contribution >= 0.6 is 35.3 Å². The Kier molecular flexibility index (Phi) is 9.58. The molecule has 2 aromatic heterocycles. The number of furan rings is 1. The molecule has 0 spiro atoms. The number of guanidine groups is 1. The Morgan fingerprint density at radius 2 is 2.04 bits per heavy atom. The molecule has 0 aliphatic carbocycles. The van der Waals surface area contributed by atoms with E-state index in [2.05, 4.69) is 46.9 Å². The second-order valence-corrected chi connectivity index (χ2v) is 6.87. The smallest absolute Gasteiger partial charge is 0.287 e. The normalized spacial score (nSPS) is 12.2. The van der Waals surface area contributed by atoms with Crippen molar-refractivity contribution in [1.82, 2.24) is 16.0 Å². The SMILES string of the molecule is CN=C(NCCNC(=O)c1ccco1)NC(C)Cc1ccc(C)s1.I. The summed E-state index contributed by atoms with van der Waals surface area (Å²) in [6, 6.07) is 7.90. The van der Waals surface area contributed by atoms with Crippen molar-refractivity contribution in [2.45, 2.75) is 26.3 Å². The van der Waals surface area contributed by atoms with Gasteiger partial charge in [-0.3, -0.25) is 9.79 Å². The van der Waals surface area contributed by atoms with Crippen LogP contribution in [0.4, 0.5) is 0 Å². The highest BCUT2D eigenvalue weighted by atomic mass is 127. The summed E-state index contributed by atoms with van der Waals surface area (Å²) in [7, 11) is 1.73. The Hall–Kier alpha value is -1.55. The van der Waals surface area contributed by atoms with Gasteiger partial charge in [0, 0.05) is 42.4 Å². The lowest BCUT2D eigenvalue weighted by Gasteiger charge is -2.17. The van der Waals surface area contributed by atoms with Crippen LogP contribution in [0.3, 0.4) is 0 Å². The molecule has 138 valence electrons. The highest BCUT2D eigenvalue weighted by Crippen LogP contribution is 2.16. The second kappa shape index (κ2) is 11.1. The summed E-state index contributed by atoms with van der Waals surface area (Å²) in [4.78, 5) is 18.6. The maximum Gasteiger partial charge on any atom is 0.287 e. The molecule has 0 bridgehead atoms. The van der Waals surface area contributed by atoms with E-state index in [0.29, 0.717) is 18.8 Å². The number of nitrogens with one attached hydrogen (secondary N) is 3. The zero-order valence-electron chi connectivity index (χ0n) is 14.7. The molecule has 25 heavy (non-hydrogen) atoms. The van der Waals surface area contributed by atoms with E-state index in [-0.39, 0.29) is 35.9 Å². The van der Waals surface area contributed by atoms with Gasteiger partial charge in [-0.25, -0.2) is 0 Å². The molecule has 2 rings (SSSR count). The number of nitrogens with zero attached hydrogens (tertiary/aromatic N) is 1. The van der Waals surface area contributed by atoms with E-state index in [1.54, 1.807) is 19.2 Å². The Morgan fingerprint density at radius 1 is 1.28 bits per heavy atom. The van der Waals surface area contributed by atoms with Gasteiger partial charge in [0.2, 0.25) is 0 Å². The lowest BCUT2D eigenvalue weighted by Crippen LogP contribution is -2.45. The minimum atomic E-state index is -0.217. The van der Waals surface area contributed by atoms with Crippen LogP contribution in [-0.4, -0.2) is 38.0 Å². The first-order valence-corrected chi connectivity index (χ1v) is 8.74. The van der Waals surface area contributed by atoms with Gasteiger partial charge in [-0.2, -0.15) is 0 Å². The molecule has 0 radical (unpaired) electrons. The van der Waals surface area contributed by atoms with Crippen molar-refractivity contribution in [2.75, 3.05) is 20.1 Å². The van der Waals surface area contributed by atoms with E-state index >= 15 is 0 Å². The van der Waals surface area contributed by atoms with Gasteiger partial charge in [0.1, 0.15) is 0 Å². The largest absolute Gasteiger partial charge is 0.459 e. The Bertz CT molecular complexity index is 670. The number of carbonyl (C=O) groups is 1. The molecule has 0 saturated heterocycles. The van der Waals surface area contributed by atoms with Gasteiger partial charge in [-0.15, -0.1) is 35.3 Å². The standard InChI is InChI=1S/C17H24N4O2S.HI/c1-12(11-14-7-6-13(2)24-14)21-17(18-3)20-9-8-19-16(22)15-5-4-10-23-15;/h4-7,10,12H,8-9,11H2,1-3H3,(H,19,22)(H2,18,20,21);1H. The third kappa shape index (κ3) is 7.47. The number of hydrogen-bond acceptors (Lipinski definition) is 4. The number of halogens is 1. The third-order valence-electron chi connectivity index (χ3n) is 3.36. The average molecular weight is 476 g/mol. The number of rotatable bonds is 7. The molecule has 6 nitrogen and oxygen atoms in total. The van der Waals surface area contributed by atoms with E-state index in [4.69, 9.17) is 4.42 Å². The molecule has 0 saturated carbocycles. The molecule has 1 unspecified atom stereocenters. The molecule has 0 aliphatic rings. The van der Waals surface area contributed by atoms with Gasteiger partial charge >= 0.3 is 0 Å². The fourth-order valence-corrected chi connectivity index (χ4v) is 3.25. The summed E-state index contributed by atoms with van der Waals surface area (Å²) in [5, 5.41) is 9.33. The molecule has 8 heteroatoms. The highest BCUT2D eigenvalue weighted by Gasteiger charge is 2.09. The van der Waals surface area contributed by atoms with Gasteiger partial charge in [0.15, 0.2) is 11.7 Å². The topological polar surface area (TPSA) is 78.7 Å². The van der Waals surface area contributed by atoms with Crippen LogP contribution in [0.2, 0.25) is 0 Å². The van der Waals surface area contributed by atoms with Crippen molar-refractivity contribution in [3.63, 3.8) is 0 Å². The predicted molar refractivity (Wildman–Crippen MR) is 113 cm³/mol. The fraction of sp³-hybridized carbons (Fsp3) is 0.412. The molecule has 2 heterocycles. The van der Waals surface area contributed by atoms with E-state index in [9.17, 15) is 4.79 Å². The summed E-state index contributed by atoms with van der Waals surface area (Å²) < 4.78 is 5.04. The van der Waals surface area contributed by atoms with E-state index in [0.717, 1.165) is 12.4 Å². The summed E-state index contributed by atoms with van der Waals surface area (Å²) in [5.74, 6) is 0.826. The van der Waals surface area contributed by atoms with Crippen LogP contribution in [0, 0.1) is 6.92 Å². The summed E-state index contributed by atoms with van der Waals surface area (Å²) >= 11 is 1.82. The molecule has 3 N–H and O–H groups in total. The summed E-state index contributed by atoms with van der Waals surface area (Å²) in [6.45, 7) is 5.31. The number of hydrogen-bond donors (Lipinski definition) is 3. The quantitative estimate of drug-likeness (QED) is 0.249. The predicted octanol–water partition coefficient (Wildman–Crippen LogP) is 2.79. The monoisotopic (exact) mass is 476 g/mol. The van der Waals surface area contributed by atoms with Crippen LogP contribution in [-0.2, 0) is 6.42 Å². The molecule has 0 fully saturated rings. The van der Waals surface area contributed by atoms with Crippen molar-refractivity contribution in [2.24, 2.45) is 4.99 Å². The van der Waals surface area contributed by atoms with Crippen LogP contribution in [0.5, 0.6) is 0 Å². The van der Waals surface area contributed by atoms with E-state index < -0.39 is 0 Å². The van der Waals surface area contributed by atoms with Crippen molar-refractivity contribution in [1.29, 1.82) is 0 Å². The van der Waals surface area contributed by atoms with Crippen LogP contribution in [0.25, 0.3) is 0 Å². The van der Waals surface area contributed by atoms with Crippen LogP contribution in [0.15, 0.2) is 39.9 Å². The van der Waals surface area contributed by atoms with Crippen molar-refractivity contribution >= 4 is 47.2 Å². The minimum absolute atomic E-state index is 0. The van der Waals surface area contributed by atoms with E-state index in [1.807, 2.05) is 11.3 Å². The first kappa shape index (κ1) is 21.5. The van der Waals surface area contributed by atoms with Crippen LogP contribution in [0.1, 0.15) is 27.2 Å². The lowest BCUT2D eigenvalue weighted by molar-refractivity contribution is 0.0926. The average Bonchev–Trinajstić information content (AvgIpc) is 3.22. The Morgan fingerprint density at radius 3 is 2.64 bits per heavy atom. The van der Waals surface area contributed by atoms with Crippen molar-refractivity contribution < 1.29 is 9.21 Å². The van der Waals surface area contributed by atoms with Gasteiger partial charge in [-0.1, -0.05) is 0 Å². The van der Waals surface area contributed by atoms with Crippen LogP contribution < -0.4 is 16.0 Å². The lowest BCUT2D eigenvalue weighted by atomic mass is 10.2. The summed E-state index contributed by atoms with van der Waals surface area (Å²) in [6.07, 6.45) is 2.43. The van der Waals surface area contributed by atoms with Gasteiger partial charge in [0.25, 0.3) is 5.91 Å². The number of amides is 1. The molecular formula is C17H25IN4O2S. The summed E-state index contributed by atoms with van der Waals surface area (Å²) in [5.41, 5.74) is 0. The highest BCUT2D eigenvalue weighted by molar-refractivity contribution is 14.0. The fourth-order valence-electron chi connectivity index (χ4n) is 2.23.